The topological polar surface area (TPSA) is 98.9 Å². The summed E-state index contributed by atoms with van der Waals surface area (Å²) in [6.07, 6.45) is -1.55. The van der Waals surface area contributed by atoms with E-state index >= 15 is 0 Å². The van der Waals surface area contributed by atoms with E-state index in [0.29, 0.717) is 0 Å². The molecule has 0 aromatic heterocycles. The minimum Gasteiger partial charge on any atom is -0.478 e. The molecule has 2 aromatic carbocycles. The predicted octanol–water partition coefficient (Wildman–Crippen LogP) is 2.11. The fraction of sp³-hybridized carbons (Fsp3) is 0.176. The van der Waals surface area contributed by atoms with Crippen molar-refractivity contribution in [1.82, 2.24) is 0 Å². The van der Waals surface area contributed by atoms with E-state index in [1.165, 1.54) is 0 Å². The number of ether oxygens (including phenoxy) is 2. The Morgan fingerprint density at radius 1 is 1.12 bits per heavy atom. The lowest BCUT2D eigenvalue weighted by Crippen LogP contribution is -2.32. The standard InChI is InChI=1S/C17H15F2NO5/c18-11-6-7-12(15(19)14(11)16(20)21)25-13(17(22)23)9-24-8-10-4-2-1-3-5-10/h1-7,13H,8-9H2,(H2,20,21)(H,22,23). The number of carboxylic acids is 1. The van der Waals surface area contributed by atoms with Gasteiger partial charge in [0.15, 0.2) is 11.6 Å². The van der Waals surface area contributed by atoms with Gasteiger partial charge in [0.1, 0.15) is 11.4 Å². The van der Waals surface area contributed by atoms with Crippen LogP contribution >= 0.6 is 0 Å². The summed E-state index contributed by atoms with van der Waals surface area (Å²) < 4.78 is 37.8. The van der Waals surface area contributed by atoms with Gasteiger partial charge in [-0.2, -0.15) is 0 Å². The van der Waals surface area contributed by atoms with Crippen molar-refractivity contribution in [3.63, 3.8) is 0 Å². The maximum Gasteiger partial charge on any atom is 0.347 e. The fourth-order valence-electron chi connectivity index (χ4n) is 2.02. The van der Waals surface area contributed by atoms with Crippen molar-refractivity contribution in [3.8, 4) is 5.75 Å². The first-order valence-electron chi connectivity index (χ1n) is 7.19. The quantitative estimate of drug-likeness (QED) is 0.759. The van der Waals surface area contributed by atoms with Crippen molar-refractivity contribution in [3.05, 3.63) is 65.2 Å². The molecule has 0 aliphatic rings. The molecule has 0 saturated heterocycles. The van der Waals surface area contributed by atoms with Gasteiger partial charge in [-0.05, 0) is 17.7 Å². The molecule has 2 rings (SSSR count). The van der Waals surface area contributed by atoms with Crippen LogP contribution in [0.2, 0.25) is 0 Å². The Morgan fingerprint density at radius 2 is 1.80 bits per heavy atom. The van der Waals surface area contributed by atoms with E-state index in [1.807, 2.05) is 6.07 Å². The van der Waals surface area contributed by atoms with Gasteiger partial charge in [0.2, 0.25) is 6.10 Å². The molecule has 0 spiro atoms. The first kappa shape index (κ1) is 18.3. The third-order valence-electron chi connectivity index (χ3n) is 3.23. The number of aliphatic carboxylic acids is 1. The third-order valence-corrected chi connectivity index (χ3v) is 3.23. The van der Waals surface area contributed by atoms with E-state index in [4.69, 9.17) is 20.3 Å². The summed E-state index contributed by atoms with van der Waals surface area (Å²) in [6.45, 7) is -0.251. The lowest BCUT2D eigenvalue weighted by molar-refractivity contribution is -0.148. The number of hydrogen-bond acceptors (Lipinski definition) is 4. The van der Waals surface area contributed by atoms with Crippen LogP contribution in [0.25, 0.3) is 0 Å². The van der Waals surface area contributed by atoms with Crippen LogP contribution in [0.1, 0.15) is 15.9 Å². The molecule has 0 aliphatic carbocycles. The summed E-state index contributed by atoms with van der Waals surface area (Å²) in [4.78, 5) is 22.3. The molecule has 3 N–H and O–H groups in total. The molecule has 6 nitrogen and oxygen atoms in total. The molecule has 25 heavy (non-hydrogen) atoms. The highest BCUT2D eigenvalue weighted by atomic mass is 19.1. The highest BCUT2D eigenvalue weighted by Crippen LogP contribution is 2.24. The minimum absolute atomic E-state index is 0.131. The summed E-state index contributed by atoms with van der Waals surface area (Å²) in [5, 5.41) is 9.16. The van der Waals surface area contributed by atoms with Gasteiger partial charge in [-0.1, -0.05) is 30.3 Å². The van der Waals surface area contributed by atoms with Gasteiger partial charge in [0.25, 0.3) is 5.91 Å². The number of hydrogen-bond donors (Lipinski definition) is 2. The number of carbonyl (C=O) groups is 2. The van der Waals surface area contributed by atoms with Crippen molar-refractivity contribution in [2.45, 2.75) is 12.7 Å². The average molecular weight is 351 g/mol. The number of halogens is 2. The van der Waals surface area contributed by atoms with Crippen LogP contribution in [-0.4, -0.2) is 29.7 Å². The van der Waals surface area contributed by atoms with Crippen LogP contribution in [-0.2, 0) is 16.1 Å². The molecule has 0 fully saturated rings. The minimum atomic E-state index is -1.55. The second-order valence-corrected chi connectivity index (χ2v) is 5.04. The van der Waals surface area contributed by atoms with Gasteiger partial charge in [-0.15, -0.1) is 0 Å². The first-order chi connectivity index (χ1) is 11.9. The molecular formula is C17H15F2NO5. The Labute approximate surface area is 141 Å². The number of primary amides is 1. The molecule has 0 bridgehead atoms. The van der Waals surface area contributed by atoms with Gasteiger partial charge in [0.05, 0.1) is 13.2 Å². The molecule has 0 aliphatic heterocycles. The van der Waals surface area contributed by atoms with Gasteiger partial charge in [-0.25, -0.2) is 13.6 Å². The molecule has 2 aromatic rings. The fourth-order valence-corrected chi connectivity index (χ4v) is 2.02. The van der Waals surface area contributed by atoms with Gasteiger partial charge < -0.3 is 20.3 Å². The molecule has 0 saturated carbocycles. The summed E-state index contributed by atoms with van der Waals surface area (Å²) in [6, 6.07) is 10.6. The molecule has 0 heterocycles. The van der Waals surface area contributed by atoms with E-state index in [0.717, 1.165) is 17.7 Å². The Kier molecular flexibility index (Phi) is 6.02. The summed E-state index contributed by atoms with van der Waals surface area (Å²) in [5.41, 5.74) is 4.73. The van der Waals surface area contributed by atoms with Gasteiger partial charge in [-0.3, -0.25) is 4.79 Å². The smallest absolute Gasteiger partial charge is 0.347 e. The average Bonchev–Trinajstić information content (AvgIpc) is 2.56. The van der Waals surface area contributed by atoms with Crippen LogP contribution in [0.3, 0.4) is 0 Å². The maximum absolute atomic E-state index is 14.1. The van der Waals surface area contributed by atoms with Crippen molar-refractivity contribution in [2.75, 3.05) is 6.61 Å². The van der Waals surface area contributed by atoms with Crippen molar-refractivity contribution in [2.24, 2.45) is 5.73 Å². The van der Waals surface area contributed by atoms with E-state index < -0.39 is 40.9 Å². The first-order valence-corrected chi connectivity index (χ1v) is 7.19. The van der Waals surface area contributed by atoms with Gasteiger partial charge in [0, 0.05) is 0 Å². The van der Waals surface area contributed by atoms with Crippen LogP contribution < -0.4 is 10.5 Å². The molecule has 1 unspecified atom stereocenters. The van der Waals surface area contributed by atoms with Crippen molar-refractivity contribution >= 4 is 11.9 Å². The number of carbonyl (C=O) groups excluding carboxylic acids is 1. The second-order valence-electron chi connectivity index (χ2n) is 5.04. The number of benzene rings is 2. The molecule has 0 radical (unpaired) electrons. The van der Waals surface area contributed by atoms with Crippen LogP contribution in [0.4, 0.5) is 8.78 Å². The number of amides is 1. The largest absolute Gasteiger partial charge is 0.478 e. The highest BCUT2D eigenvalue weighted by Gasteiger charge is 2.25. The SMILES string of the molecule is NC(=O)c1c(F)ccc(OC(COCc2ccccc2)C(=O)O)c1F. The zero-order valence-electron chi connectivity index (χ0n) is 12.9. The van der Waals surface area contributed by atoms with E-state index in [2.05, 4.69) is 0 Å². The van der Waals surface area contributed by atoms with E-state index in [1.54, 1.807) is 24.3 Å². The van der Waals surface area contributed by atoms with Crippen molar-refractivity contribution in [1.29, 1.82) is 0 Å². The Hall–Kier alpha value is -3.00. The summed E-state index contributed by atoms with van der Waals surface area (Å²) in [5.74, 6) is -5.86. The predicted molar refractivity (Wildman–Crippen MR) is 83.0 cm³/mol. The molecule has 1 atom stereocenters. The van der Waals surface area contributed by atoms with Crippen LogP contribution in [0.5, 0.6) is 5.75 Å². The molecule has 132 valence electrons. The third kappa shape index (κ3) is 4.74. The molecular weight excluding hydrogens is 336 g/mol. The molecule has 8 heteroatoms. The lowest BCUT2D eigenvalue weighted by Gasteiger charge is -2.16. The lowest BCUT2D eigenvalue weighted by atomic mass is 10.1. The zero-order chi connectivity index (χ0) is 18.4. The number of nitrogens with two attached hydrogens (primary N) is 1. The Bertz CT molecular complexity index is 767. The van der Waals surface area contributed by atoms with E-state index in [-0.39, 0.29) is 13.2 Å². The van der Waals surface area contributed by atoms with Crippen LogP contribution in [0.15, 0.2) is 42.5 Å². The zero-order valence-corrected chi connectivity index (χ0v) is 12.9. The normalized spacial score (nSPS) is 11.8. The highest BCUT2D eigenvalue weighted by molar-refractivity contribution is 5.93. The Balaban J connectivity index is 2.08. The number of rotatable bonds is 8. The van der Waals surface area contributed by atoms with Crippen molar-refractivity contribution < 1.29 is 33.0 Å². The maximum atomic E-state index is 14.1. The Morgan fingerprint density at radius 3 is 2.40 bits per heavy atom. The van der Waals surface area contributed by atoms with Crippen LogP contribution in [0, 0.1) is 11.6 Å². The monoisotopic (exact) mass is 351 g/mol. The van der Waals surface area contributed by atoms with Gasteiger partial charge >= 0.3 is 5.97 Å². The molecule has 1 amide bonds. The summed E-state index contributed by atoms with van der Waals surface area (Å²) >= 11 is 0. The number of carboxylic acid groups (broad SMARTS) is 1. The van der Waals surface area contributed by atoms with E-state index in [9.17, 15) is 18.4 Å². The second kappa shape index (κ2) is 8.20. The summed E-state index contributed by atoms with van der Waals surface area (Å²) in [7, 11) is 0.